The molecule has 4 rings (SSSR count). The van der Waals surface area contributed by atoms with E-state index in [-0.39, 0.29) is 12.4 Å². The standard InChI is InChI=1S/C25H25F3N2O4/c1-32-18-11-10-17(14-19(18)33-2)24(12-6-7-13-24)15-29-22(31)20-21(25(26,27)28)34-23(30-20)16-8-4-3-5-9-16/h3-5,8-11,14H,6-7,12-13,15H2,1-2H3,(H,29,31). The number of halogens is 3. The fraction of sp³-hybridized carbons (Fsp3) is 0.360. The minimum atomic E-state index is -4.86. The van der Waals surface area contributed by atoms with E-state index < -0.39 is 29.0 Å². The largest absolute Gasteiger partial charge is 0.493 e. The summed E-state index contributed by atoms with van der Waals surface area (Å²) in [6.07, 6.45) is -1.41. The molecule has 1 N–H and O–H groups in total. The first-order chi connectivity index (χ1) is 16.3. The molecule has 0 bridgehead atoms. The topological polar surface area (TPSA) is 73.6 Å². The summed E-state index contributed by atoms with van der Waals surface area (Å²) in [7, 11) is 3.08. The number of ether oxygens (including phenoxy) is 2. The van der Waals surface area contributed by atoms with Crippen LogP contribution in [-0.2, 0) is 11.6 Å². The summed E-state index contributed by atoms with van der Waals surface area (Å²) in [6.45, 7) is 0.159. The molecule has 1 saturated carbocycles. The number of methoxy groups -OCH3 is 2. The van der Waals surface area contributed by atoms with E-state index in [0.29, 0.717) is 17.1 Å². The molecule has 9 heteroatoms. The number of alkyl halides is 3. The summed E-state index contributed by atoms with van der Waals surface area (Å²) in [5.41, 5.74) is 0.0835. The predicted molar refractivity (Wildman–Crippen MR) is 119 cm³/mol. The van der Waals surface area contributed by atoms with Gasteiger partial charge in [-0.3, -0.25) is 4.79 Å². The van der Waals surface area contributed by atoms with Crippen LogP contribution >= 0.6 is 0 Å². The fourth-order valence-corrected chi connectivity index (χ4v) is 4.49. The molecule has 1 aliphatic carbocycles. The molecule has 1 heterocycles. The van der Waals surface area contributed by atoms with E-state index in [1.54, 1.807) is 43.5 Å². The zero-order valence-electron chi connectivity index (χ0n) is 18.9. The SMILES string of the molecule is COc1ccc(C2(CNC(=O)c3nc(-c4ccccc4)oc3C(F)(F)F)CCCC2)cc1OC. The second kappa shape index (κ2) is 9.40. The Hall–Kier alpha value is -3.49. The molecule has 0 unspecified atom stereocenters. The number of rotatable bonds is 7. The van der Waals surface area contributed by atoms with Crippen molar-refractivity contribution in [2.75, 3.05) is 20.8 Å². The first-order valence-corrected chi connectivity index (χ1v) is 10.9. The molecule has 180 valence electrons. The van der Waals surface area contributed by atoms with Gasteiger partial charge in [0.25, 0.3) is 5.91 Å². The maximum absolute atomic E-state index is 13.6. The van der Waals surface area contributed by atoms with Crippen LogP contribution in [-0.4, -0.2) is 31.7 Å². The first-order valence-electron chi connectivity index (χ1n) is 10.9. The minimum absolute atomic E-state index is 0.159. The summed E-state index contributed by atoms with van der Waals surface area (Å²) in [5.74, 6) is -1.45. The van der Waals surface area contributed by atoms with Gasteiger partial charge >= 0.3 is 6.18 Å². The molecular formula is C25H25F3N2O4. The lowest BCUT2D eigenvalue weighted by atomic mass is 9.78. The van der Waals surface area contributed by atoms with Crippen LogP contribution in [0.5, 0.6) is 11.5 Å². The Morgan fingerprint density at radius 3 is 2.35 bits per heavy atom. The lowest BCUT2D eigenvalue weighted by Gasteiger charge is -2.30. The van der Waals surface area contributed by atoms with E-state index in [9.17, 15) is 18.0 Å². The van der Waals surface area contributed by atoms with Gasteiger partial charge in [-0.15, -0.1) is 0 Å². The summed E-state index contributed by atoms with van der Waals surface area (Å²) >= 11 is 0. The first kappa shape index (κ1) is 23.7. The summed E-state index contributed by atoms with van der Waals surface area (Å²) in [4.78, 5) is 16.8. The van der Waals surface area contributed by atoms with Crippen LogP contribution in [0.3, 0.4) is 0 Å². The number of carbonyl (C=O) groups excluding carboxylic acids is 1. The van der Waals surface area contributed by atoms with Crippen molar-refractivity contribution in [2.24, 2.45) is 0 Å². The Kier molecular flexibility index (Phi) is 6.54. The van der Waals surface area contributed by atoms with Gasteiger partial charge in [0.1, 0.15) is 0 Å². The van der Waals surface area contributed by atoms with Gasteiger partial charge in [0, 0.05) is 17.5 Å². The molecule has 0 spiro atoms. The number of nitrogens with zero attached hydrogens (tertiary/aromatic N) is 1. The van der Waals surface area contributed by atoms with Crippen molar-refractivity contribution in [3.8, 4) is 23.0 Å². The maximum Gasteiger partial charge on any atom is 0.452 e. The summed E-state index contributed by atoms with van der Waals surface area (Å²) in [6, 6.07) is 13.7. The number of oxazole rings is 1. The highest BCUT2D eigenvalue weighted by Crippen LogP contribution is 2.43. The lowest BCUT2D eigenvalue weighted by molar-refractivity contribution is -0.153. The van der Waals surface area contributed by atoms with Gasteiger partial charge in [0.2, 0.25) is 11.7 Å². The second-order valence-corrected chi connectivity index (χ2v) is 8.30. The van der Waals surface area contributed by atoms with Crippen LogP contribution in [0.15, 0.2) is 52.9 Å². The van der Waals surface area contributed by atoms with Gasteiger partial charge in [-0.25, -0.2) is 4.98 Å². The van der Waals surface area contributed by atoms with Gasteiger partial charge in [0.15, 0.2) is 17.2 Å². The Morgan fingerprint density at radius 2 is 1.74 bits per heavy atom. The van der Waals surface area contributed by atoms with Crippen LogP contribution in [0, 0.1) is 0 Å². The molecule has 34 heavy (non-hydrogen) atoms. The molecule has 1 aromatic heterocycles. The number of aromatic nitrogens is 1. The van der Waals surface area contributed by atoms with Gasteiger partial charge in [-0.2, -0.15) is 13.2 Å². The Bertz CT molecular complexity index is 1150. The average Bonchev–Trinajstić information content (AvgIpc) is 3.51. The van der Waals surface area contributed by atoms with Crippen LogP contribution in [0.2, 0.25) is 0 Å². The Balaban J connectivity index is 1.62. The zero-order chi connectivity index (χ0) is 24.3. The third kappa shape index (κ3) is 4.60. The van der Waals surface area contributed by atoms with Crippen LogP contribution in [0.25, 0.3) is 11.5 Å². The van der Waals surface area contributed by atoms with Gasteiger partial charge in [-0.1, -0.05) is 37.1 Å². The monoisotopic (exact) mass is 474 g/mol. The highest BCUT2D eigenvalue weighted by atomic mass is 19.4. The van der Waals surface area contributed by atoms with Crippen molar-refractivity contribution in [1.29, 1.82) is 0 Å². The maximum atomic E-state index is 13.6. The molecule has 0 saturated heterocycles. The summed E-state index contributed by atoms with van der Waals surface area (Å²) in [5, 5.41) is 2.69. The highest BCUT2D eigenvalue weighted by molar-refractivity contribution is 5.94. The zero-order valence-corrected chi connectivity index (χ0v) is 18.9. The normalized spacial score (nSPS) is 15.2. The van der Waals surface area contributed by atoms with E-state index in [4.69, 9.17) is 13.9 Å². The summed E-state index contributed by atoms with van der Waals surface area (Å²) < 4.78 is 56.6. The molecule has 1 fully saturated rings. The molecule has 0 aliphatic heterocycles. The molecule has 0 atom stereocenters. The third-order valence-corrected chi connectivity index (χ3v) is 6.26. The number of carbonyl (C=O) groups is 1. The molecular weight excluding hydrogens is 449 g/mol. The predicted octanol–water partition coefficient (Wildman–Crippen LogP) is 5.62. The number of nitrogens with one attached hydrogen (secondary N) is 1. The van der Waals surface area contributed by atoms with E-state index in [1.165, 1.54) is 7.11 Å². The van der Waals surface area contributed by atoms with Gasteiger partial charge in [0.05, 0.1) is 14.2 Å². The molecule has 1 amide bonds. The van der Waals surface area contributed by atoms with E-state index >= 15 is 0 Å². The van der Waals surface area contributed by atoms with Crippen molar-refractivity contribution < 1.29 is 31.9 Å². The van der Waals surface area contributed by atoms with Crippen LogP contribution in [0.1, 0.15) is 47.5 Å². The minimum Gasteiger partial charge on any atom is -0.493 e. The molecule has 1 aliphatic rings. The van der Waals surface area contributed by atoms with Crippen molar-refractivity contribution in [2.45, 2.75) is 37.3 Å². The third-order valence-electron chi connectivity index (χ3n) is 6.26. The fourth-order valence-electron chi connectivity index (χ4n) is 4.49. The molecule has 3 aromatic rings. The van der Waals surface area contributed by atoms with Gasteiger partial charge < -0.3 is 19.2 Å². The van der Waals surface area contributed by atoms with Crippen molar-refractivity contribution in [3.05, 3.63) is 65.5 Å². The quantitative estimate of drug-likeness (QED) is 0.481. The van der Waals surface area contributed by atoms with Crippen LogP contribution < -0.4 is 14.8 Å². The second-order valence-electron chi connectivity index (χ2n) is 8.30. The highest BCUT2D eigenvalue weighted by Gasteiger charge is 2.43. The van der Waals surface area contributed by atoms with Crippen molar-refractivity contribution in [3.63, 3.8) is 0 Å². The Morgan fingerprint density at radius 1 is 1.06 bits per heavy atom. The molecule has 2 aromatic carbocycles. The van der Waals surface area contributed by atoms with Gasteiger partial charge in [-0.05, 0) is 42.7 Å². The molecule has 6 nitrogen and oxygen atoms in total. The smallest absolute Gasteiger partial charge is 0.452 e. The van der Waals surface area contributed by atoms with E-state index in [2.05, 4.69) is 10.3 Å². The Labute approximate surface area is 195 Å². The average molecular weight is 474 g/mol. The van der Waals surface area contributed by atoms with E-state index in [0.717, 1.165) is 31.2 Å². The van der Waals surface area contributed by atoms with Crippen molar-refractivity contribution in [1.82, 2.24) is 10.3 Å². The van der Waals surface area contributed by atoms with Crippen LogP contribution in [0.4, 0.5) is 13.2 Å². The number of benzene rings is 2. The molecule has 0 radical (unpaired) electrons. The number of amides is 1. The number of hydrogen-bond acceptors (Lipinski definition) is 5. The lowest BCUT2D eigenvalue weighted by Crippen LogP contribution is -2.39. The van der Waals surface area contributed by atoms with E-state index in [1.807, 2.05) is 12.1 Å². The van der Waals surface area contributed by atoms with Crippen molar-refractivity contribution >= 4 is 5.91 Å². The number of hydrogen-bond donors (Lipinski definition) is 1.